The Balaban J connectivity index is 2.39. The summed E-state index contributed by atoms with van der Waals surface area (Å²) in [7, 11) is 1.80. The van der Waals surface area contributed by atoms with E-state index in [2.05, 4.69) is 16.5 Å². The molecule has 1 heterocycles. The van der Waals surface area contributed by atoms with Gasteiger partial charge in [-0.3, -0.25) is 9.48 Å². The van der Waals surface area contributed by atoms with Crippen LogP contribution in [0.25, 0.3) is 0 Å². The first-order chi connectivity index (χ1) is 9.45. The van der Waals surface area contributed by atoms with Crippen molar-refractivity contribution in [1.82, 2.24) is 9.78 Å². The molecule has 5 heteroatoms. The average molecular weight is 268 g/mol. The van der Waals surface area contributed by atoms with Gasteiger partial charge in [0.1, 0.15) is 6.07 Å². The minimum absolute atomic E-state index is 0.241. The fraction of sp³-hybridized carbons (Fsp3) is 0.267. The second kappa shape index (κ2) is 5.17. The van der Waals surface area contributed by atoms with Crippen LogP contribution in [0.2, 0.25) is 0 Å². The third-order valence-corrected chi connectivity index (χ3v) is 3.37. The summed E-state index contributed by atoms with van der Waals surface area (Å²) in [6.45, 7) is 5.48. The number of nitrogens with zero attached hydrogens (tertiary/aromatic N) is 3. The average Bonchev–Trinajstić information content (AvgIpc) is 2.63. The number of nitrogens with one attached hydrogen (secondary N) is 1. The van der Waals surface area contributed by atoms with Crippen LogP contribution in [0.3, 0.4) is 0 Å². The highest BCUT2D eigenvalue weighted by Gasteiger charge is 2.18. The van der Waals surface area contributed by atoms with E-state index in [0.717, 1.165) is 11.3 Å². The minimum atomic E-state index is -0.241. The molecule has 0 atom stereocenters. The zero-order chi connectivity index (χ0) is 14.9. The summed E-state index contributed by atoms with van der Waals surface area (Å²) in [4.78, 5) is 12.4. The smallest absolute Gasteiger partial charge is 0.259 e. The first-order valence-corrected chi connectivity index (χ1v) is 6.27. The Labute approximate surface area is 117 Å². The molecule has 0 saturated carbocycles. The first-order valence-electron chi connectivity index (χ1n) is 6.27. The Morgan fingerprint density at radius 2 is 2.05 bits per heavy atom. The van der Waals surface area contributed by atoms with Crippen molar-refractivity contribution in [2.24, 2.45) is 7.05 Å². The molecule has 0 unspecified atom stereocenters. The number of aromatic nitrogens is 2. The van der Waals surface area contributed by atoms with Gasteiger partial charge in [0, 0.05) is 12.7 Å². The number of carbonyl (C=O) groups excluding carboxylic acids is 1. The third kappa shape index (κ3) is 2.28. The van der Waals surface area contributed by atoms with E-state index in [9.17, 15) is 10.1 Å². The van der Waals surface area contributed by atoms with Crippen LogP contribution in [0, 0.1) is 32.1 Å². The summed E-state index contributed by atoms with van der Waals surface area (Å²) in [6.07, 6.45) is 0. The highest BCUT2D eigenvalue weighted by Crippen LogP contribution is 2.20. The van der Waals surface area contributed by atoms with Crippen molar-refractivity contribution in [3.63, 3.8) is 0 Å². The molecule has 1 aromatic carbocycles. The van der Waals surface area contributed by atoms with Gasteiger partial charge in [-0.1, -0.05) is 12.1 Å². The number of rotatable bonds is 2. The van der Waals surface area contributed by atoms with Crippen molar-refractivity contribution in [3.8, 4) is 6.07 Å². The highest BCUT2D eigenvalue weighted by atomic mass is 16.1. The van der Waals surface area contributed by atoms with Gasteiger partial charge < -0.3 is 5.32 Å². The van der Waals surface area contributed by atoms with E-state index >= 15 is 0 Å². The van der Waals surface area contributed by atoms with Crippen LogP contribution in [0.1, 0.15) is 32.9 Å². The summed E-state index contributed by atoms with van der Waals surface area (Å²) < 4.78 is 1.67. The van der Waals surface area contributed by atoms with E-state index in [1.165, 1.54) is 0 Å². The fourth-order valence-corrected chi connectivity index (χ4v) is 2.21. The molecule has 20 heavy (non-hydrogen) atoms. The Hall–Kier alpha value is -2.61. The molecule has 0 fully saturated rings. The van der Waals surface area contributed by atoms with Crippen molar-refractivity contribution >= 4 is 11.6 Å². The second-order valence-electron chi connectivity index (χ2n) is 4.73. The molecule has 5 nitrogen and oxygen atoms in total. The van der Waals surface area contributed by atoms with Crippen molar-refractivity contribution < 1.29 is 4.79 Å². The van der Waals surface area contributed by atoms with Gasteiger partial charge in [-0.15, -0.1) is 0 Å². The zero-order valence-corrected chi connectivity index (χ0v) is 12.0. The molecule has 0 spiro atoms. The Morgan fingerprint density at radius 3 is 2.60 bits per heavy atom. The number of amides is 1. The number of anilines is 1. The summed E-state index contributed by atoms with van der Waals surface area (Å²) in [6, 6.07) is 7.50. The Bertz CT molecular complexity index is 722. The molecule has 2 rings (SSSR count). The van der Waals surface area contributed by atoms with E-state index in [1.54, 1.807) is 24.7 Å². The quantitative estimate of drug-likeness (QED) is 0.909. The second-order valence-corrected chi connectivity index (χ2v) is 4.73. The number of nitriles is 1. The minimum Gasteiger partial charge on any atom is -0.321 e. The SMILES string of the molecule is Cc1cccc(NC(=O)c2c(C)nn(C)c2C)c1C#N. The summed E-state index contributed by atoms with van der Waals surface area (Å²) in [5.74, 6) is -0.241. The Kier molecular flexibility index (Phi) is 3.57. The van der Waals surface area contributed by atoms with Gasteiger partial charge >= 0.3 is 0 Å². The zero-order valence-electron chi connectivity index (χ0n) is 12.0. The van der Waals surface area contributed by atoms with Gasteiger partial charge in [0.05, 0.1) is 22.5 Å². The molecule has 102 valence electrons. The highest BCUT2D eigenvalue weighted by molar-refractivity contribution is 6.06. The standard InChI is InChI=1S/C15H16N4O/c1-9-6-5-7-13(12(9)8-16)17-15(20)14-10(2)18-19(4)11(14)3/h5-7H,1-4H3,(H,17,20). The van der Waals surface area contributed by atoms with Crippen LogP contribution in [0.4, 0.5) is 5.69 Å². The molecule has 1 amide bonds. The van der Waals surface area contributed by atoms with Crippen molar-refractivity contribution in [2.45, 2.75) is 20.8 Å². The maximum atomic E-state index is 12.4. The normalized spacial score (nSPS) is 10.2. The molecule has 0 aliphatic rings. The predicted molar refractivity (Wildman–Crippen MR) is 76.5 cm³/mol. The number of carbonyl (C=O) groups is 1. The van der Waals surface area contributed by atoms with E-state index in [-0.39, 0.29) is 5.91 Å². The number of hydrogen-bond donors (Lipinski definition) is 1. The lowest BCUT2D eigenvalue weighted by Crippen LogP contribution is -2.15. The summed E-state index contributed by atoms with van der Waals surface area (Å²) in [5.41, 5.74) is 3.88. The van der Waals surface area contributed by atoms with Crippen molar-refractivity contribution in [2.75, 3.05) is 5.32 Å². The largest absolute Gasteiger partial charge is 0.321 e. The van der Waals surface area contributed by atoms with Gasteiger partial charge in [0.25, 0.3) is 5.91 Å². The molecular formula is C15H16N4O. The molecule has 1 aromatic heterocycles. The lowest BCUT2D eigenvalue weighted by molar-refractivity contribution is 0.102. The van der Waals surface area contributed by atoms with Crippen molar-refractivity contribution in [1.29, 1.82) is 5.26 Å². The maximum absolute atomic E-state index is 12.4. The van der Waals surface area contributed by atoms with Crippen LogP contribution < -0.4 is 5.32 Å². The van der Waals surface area contributed by atoms with E-state index in [4.69, 9.17) is 0 Å². The fourth-order valence-electron chi connectivity index (χ4n) is 2.21. The lowest BCUT2D eigenvalue weighted by atomic mass is 10.1. The molecule has 0 aliphatic carbocycles. The van der Waals surface area contributed by atoms with Crippen LogP contribution in [-0.4, -0.2) is 15.7 Å². The first kappa shape index (κ1) is 13.8. The Morgan fingerprint density at radius 1 is 1.35 bits per heavy atom. The summed E-state index contributed by atoms with van der Waals surface area (Å²) in [5, 5.41) is 16.2. The van der Waals surface area contributed by atoms with Gasteiger partial charge in [0.15, 0.2) is 0 Å². The number of aryl methyl sites for hydroxylation is 3. The molecule has 0 aliphatic heterocycles. The molecule has 0 saturated heterocycles. The van der Waals surface area contributed by atoms with Gasteiger partial charge in [-0.2, -0.15) is 10.4 Å². The molecular weight excluding hydrogens is 252 g/mol. The maximum Gasteiger partial charge on any atom is 0.259 e. The molecule has 0 radical (unpaired) electrons. The van der Waals surface area contributed by atoms with E-state index in [1.807, 2.05) is 26.0 Å². The van der Waals surface area contributed by atoms with Gasteiger partial charge in [-0.25, -0.2) is 0 Å². The predicted octanol–water partition coefficient (Wildman–Crippen LogP) is 2.47. The van der Waals surface area contributed by atoms with Crippen LogP contribution in [0.15, 0.2) is 18.2 Å². The third-order valence-electron chi connectivity index (χ3n) is 3.37. The molecule has 2 aromatic rings. The van der Waals surface area contributed by atoms with Crippen LogP contribution >= 0.6 is 0 Å². The van der Waals surface area contributed by atoms with Crippen molar-refractivity contribution in [3.05, 3.63) is 46.3 Å². The van der Waals surface area contributed by atoms with Crippen LogP contribution in [0.5, 0.6) is 0 Å². The molecule has 1 N–H and O–H groups in total. The summed E-state index contributed by atoms with van der Waals surface area (Å²) >= 11 is 0. The number of benzene rings is 1. The molecule has 0 bridgehead atoms. The van der Waals surface area contributed by atoms with Crippen LogP contribution in [-0.2, 0) is 7.05 Å². The monoisotopic (exact) mass is 268 g/mol. The van der Waals surface area contributed by atoms with E-state index in [0.29, 0.717) is 22.5 Å². The van der Waals surface area contributed by atoms with Gasteiger partial charge in [-0.05, 0) is 32.4 Å². The van der Waals surface area contributed by atoms with Gasteiger partial charge in [0.2, 0.25) is 0 Å². The topological polar surface area (TPSA) is 70.7 Å². The number of hydrogen-bond acceptors (Lipinski definition) is 3. The van der Waals surface area contributed by atoms with E-state index < -0.39 is 0 Å². The lowest BCUT2D eigenvalue weighted by Gasteiger charge is -2.09.